The summed E-state index contributed by atoms with van der Waals surface area (Å²) in [5.74, 6) is -2.26. The zero-order chi connectivity index (χ0) is 27.3. The number of aryl methyl sites for hydroxylation is 1. The van der Waals surface area contributed by atoms with Gasteiger partial charge in [-0.3, -0.25) is 9.52 Å². The predicted molar refractivity (Wildman–Crippen MR) is 145 cm³/mol. The van der Waals surface area contributed by atoms with E-state index in [1.807, 2.05) is 0 Å². The van der Waals surface area contributed by atoms with Gasteiger partial charge in [-0.25, -0.2) is 18.0 Å². The summed E-state index contributed by atoms with van der Waals surface area (Å²) in [5, 5.41) is 2.78. The number of rotatable bonds is 9. The van der Waals surface area contributed by atoms with Crippen LogP contribution < -0.4 is 10.0 Å². The third-order valence-corrected chi connectivity index (χ3v) is 8.38. The van der Waals surface area contributed by atoms with E-state index < -0.39 is 34.5 Å². The minimum Gasteiger partial charge on any atom is -0.462 e. The van der Waals surface area contributed by atoms with Crippen molar-refractivity contribution in [2.45, 2.75) is 25.7 Å². The first kappa shape index (κ1) is 28.6. The number of amides is 1. The summed E-state index contributed by atoms with van der Waals surface area (Å²) in [6.07, 6.45) is 0. The van der Waals surface area contributed by atoms with E-state index in [-0.39, 0.29) is 32.7 Å². The molecule has 3 aromatic rings. The monoisotopic (exact) mass is 628 g/mol. The van der Waals surface area contributed by atoms with Gasteiger partial charge in [0.25, 0.3) is 15.9 Å². The van der Waals surface area contributed by atoms with Crippen molar-refractivity contribution < 1.29 is 32.3 Å². The van der Waals surface area contributed by atoms with Gasteiger partial charge in [0, 0.05) is 15.0 Å². The van der Waals surface area contributed by atoms with Gasteiger partial charge in [-0.2, -0.15) is 0 Å². The van der Waals surface area contributed by atoms with E-state index in [2.05, 4.69) is 26.0 Å². The summed E-state index contributed by atoms with van der Waals surface area (Å²) in [7, 11) is -4.04. The zero-order valence-electron chi connectivity index (χ0n) is 19.9. The highest BCUT2D eigenvalue weighted by Crippen LogP contribution is 2.33. The maximum absolute atomic E-state index is 12.8. The number of thiophene rings is 1. The molecule has 3 rings (SSSR count). The van der Waals surface area contributed by atoms with Crippen molar-refractivity contribution in [1.82, 2.24) is 0 Å². The molecule has 0 fully saturated rings. The fourth-order valence-corrected chi connectivity index (χ4v) is 5.70. The van der Waals surface area contributed by atoms with E-state index in [1.165, 1.54) is 23.5 Å². The first-order valence-electron chi connectivity index (χ1n) is 10.7. The highest BCUT2D eigenvalue weighted by atomic mass is 79.9. The Balaban J connectivity index is 1.71. The van der Waals surface area contributed by atoms with Crippen LogP contribution >= 0.6 is 38.9 Å². The highest BCUT2D eigenvalue weighted by molar-refractivity contribution is 9.10. The van der Waals surface area contributed by atoms with Gasteiger partial charge in [0.1, 0.15) is 5.00 Å². The Morgan fingerprint density at radius 1 is 1.03 bits per heavy atom. The Hall–Kier alpha value is -2.93. The van der Waals surface area contributed by atoms with E-state index in [1.54, 1.807) is 45.0 Å². The van der Waals surface area contributed by atoms with Crippen LogP contribution in [0.4, 0.5) is 10.7 Å². The molecule has 0 aliphatic rings. The van der Waals surface area contributed by atoms with Crippen molar-refractivity contribution in [3.8, 4) is 0 Å². The van der Waals surface area contributed by atoms with Gasteiger partial charge in [-0.15, -0.1) is 11.3 Å². The van der Waals surface area contributed by atoms with Crippen LogP contribution in [0.5, 0.6) is 0 Å². The molecule has 1 aromatic heterocycles. The molecule has 2 N–H and O–H groups in total. The number of sulfonamides is 1. The molecule has 2 aromatic carbocycles. The SMILES string of the molecule is CCOC(=O)c1c(NC(=O)COC(=O)c2cc(S(=O)(=O)Nc3ccc(Br)cc3)ccc2Cl)sc(C)c1C. The minimum absolute atomic E-state index is 0.0536. The van der Waals surface area contributed by atoms with Gasteiger partial charge >= 0.3 is 11.9 Å². The van der Waals surface area contributed by atoms with Crippen LogP contribution in [0.1, 0.15) is 38.1 Å². The van der Waals surface area contributed by atoms with Crippen LogP contribution in [0.15, 0.2) is 51.8 Å². The van der Waals surface area contributed by atoms with E-state index in [0.29, 0.717) is 11.3 Å². The van der Waals surface area contributed by atoms with Crippen LogP contribution in [-0.2, 0) is 24.3 Å². The summed E-state index contributed by atoms with van der Waals surface area (Å²) in [6, 6.07) is 10.0. The lowest BCUT2D eigenvalue weighted by molar-refractivity contribution is -0.119. The van der Waals surface area contributed by atoms with Crippen molar-refractivity contribution in [1.29, 1.82) is 0 Å². The van der Waals surface area contributed by atoms with Crippen molar-refractivity contribution in [3.63, 3.8) is 0 Å². The maximum Gasteiger partial charge on any atom is 0.341 e. The van der Waals surface area contributed by atoms with Gasteiger partial charge < -0.3 is 14.8 Å². The fraction of sp³-hybridized carbons (Fsp3) is 0.208. The van der Waals surface area contributed by atoms with Gasteiger partial charge in [-0.1, -0.05) is 27.5 Å². The van der Waals surface area contributed by atoms with Gasteiger partial charge in [0.15, 0.2) is 6.61 Å². The Labute approximate surface area is 231 Å². The summed E-state index contributed by atoms with van der Waals surface area (Å²) in [4.78, 5) is 38.0. The number of nitrogens with one attached hydrogen (secondary N) is 2. The average molecular weight is 630 g/mol. The molecule has 9 nitrogen and oxygen atoms in total. The van der Waals surface area contributed by atoms with Crippen LogP contribution in [0.25, 0.3) is 0 Å². The van der Waals surface area contributed by atoms with Crippen molar-refractivity contribution >= 4 is 77.4 Å². The van der Waals surface area contributed by atoms with Crippen molar-refractivity contribution in [2.24, 2.45) is 0 Å². The number of hydrogen-bond donors (Lipinski definition) is 2. The van der Waals surface area contributed by atoms with Crippen LogP contribution in [0.2, 0.25) is 5.02 Å². The molecule has 0 unspecified atom stereocenters. The smallest absolute Gasteiger partial charge is 0.341 e. The summed E-state index contributed by atoms with van der Waals surface area (Å²) < 4.78 is 38.9. The molecule has 1 amide bonds. The molecule has 1 heterocycles. The predicted octanol–water partition coefficient (Wildman–Crippen LogP) is 5.55. The Bertz CT molecular complexity index is 1450. The number of carbonyl (C=O) groups is 3. The van der Waals surface area contributed by atoms with Crippen LogP contribution in [0, 0.1) is 13.8 Å². The molecule has 13 heteroatoms. The standard InChI is InChI=1S/C24H22BrClN2O7S2/c1-4-34-24(31)21-13(2)14(3)36-22(21)27-20(29)12-35-23(30)18-11-17(9-10-19(18)26)37(32,33)28-16-7-5-15(25)6-8-16/h5-11,28H,4,12H2,1-3H3,(H,27,29). The number of anilines is 2. The number of ether oxygens (including phenoxy) is 2. The lowest BCUT2D eigenvalue weighted by atomic mass is 10.1. The molecule has 0 bridgehead atoms. The summed E-state index contributed by atoms with van der Waals surface area (Å²) in [5.41, 5.74) is 1.00. The number of carbonyl (C=O) groups excluding carboxylic acids is 3. The van der Waals surface area contributed by atoms with Crippen molar-refractivity contribution in [2.75, 3.05) is 23.3 Å². The first-order valence-corrected chi connectivity index (χ1v) is 14.2. The van der Waals surface area contributed by atoms with Gasteiger partial charge in [-0.05, 0) is 68.8 Å². The summed E-state index contributed by atoms with van der Waals surface area (Å²) in [6.45, 7) is 4.69. The highest BCUT2D eigenvalue weighted by Gasteiger charge is 2.24. The first-order chi connectivity index (χ1) is 17.4. The van der Waals surface area contributed by atoms with Gasteiger partial charge in [0.05, 0.1) is 27.7 Å². The number of esters is 2. The molecular weight excluding hydrogens is 608 g/mol. The Kier molecular flexibility index (Phi) is 9.35. The van der Waals surface area contributed by atoms with E-state index in [0.717, 1.165) is 15.4 Å². The molecule has 0 aliphatic carbocycles. The number of hydrogen-bond acceptors (Lipinski definition) is 8. The van der Waals surface area contributed by atoms with E-state index in [9.17, 15) is 22.8 Å². The average Bonchev–Trinajstić information content (AvgIpc) is 3.11. The molecule has 0 saturated carbocycles. The summed E-state index contributed by atoms with van der Waals surface area (Å²) >= 11 is 10.6. The quantitative estimate of drug-likeness (QED) is 0.297. The Morgan fingerprint density at radius 2 is 1.70 bits per heavy atom. The van der Waals surface area contributed by atoms with Gasteiger partial charge in [0.2, 0.25) is 0 Å². The molecule has 37 heavy (non-hydrogen) atoms. The Morgan fingerprint density at radius 3 is 2.35 bits per heavy atom. The largest absolute Gasteiger partial charge is 0.462 e. The number of benzene rings is 2. The minimum atomic E-state index is -4.04. The lowest BCUT2D eigenvalue weighted by Gasteiger charge is -2.11. The topological polar surface area (TPSA) is 128 Å². The molecular formula is C24H22BrClN2O7S2. The molecule has 0 radical (unpaired) electrons. The van der Waals surface area contributed by atoms with E-state index >= 15 is 0 Å². The van der Waals surface area contributed by atoms with Crippen LogP contribution in [-0.4, -0.2) is 39.5 Å². The molecule has 0 aliphatic heterocycles. The lowest BCUT2D eigenvalue weighted by Crippen LogP contribution is -2.22. The molecule has 0 saturated heterocycles. The fourth-order valence-electron chi connectivity index (χ4n) is 3.10. The third kappa shape index (κ3) is 7.10. The van der Waals surface area contributed by atoms with Crippen LogP contribution in [0.3, 0.4) is 0 Å². The molecule has 0 atom stereocenters. The second-order valence-electron chi connectivity index (χ2n) is 7.59. The molecule has 0 spiro atoms. The second kappa shape index (κ2) is 12.1. The second-order valence-corrected chi connectivity index (χ2v) is 11.8. The zero-order valence-corrected chi connectivity index (χ0v) is 23.9. The van der Waals surface area contributed by atoms with Crippen molar-refractivity contribution in [3.05, 3.63) is 73.5 Å². The number of halogens is 2. The maximum atomic E-state index is 12.8. The third-order valence-electron chi connectivity index (χ3n) is 5.02. The van der Waals surface area contributed by atoms with E-state index in [4.69, 9.17) is 21.1 Å². The normalized spacial score (nSPS) is 11.1. The molecule has 196 valence electrons.